The van der Waals surface area contributed by atoms with Crippen LogP contribution in [0.15, 0.2) is 0 Å². The fourth-order valence-corrected chi connectivity index (χ4v) is 3.31. The molecule has 2 unspecified atom stereocenters. The molecule has 3 rings (SSSR count). The maximum Gasteiger partial charge on any atom is 0.0622 e. The SMILES string of the molecule is C1CNCC2(C1)CCN2C1CCOC1. The number of piperidine rings is 1. The van der Waals surface area contributed by atoms with Gasteiger partial charge in [-0.2, -0.15) is 0 Å². The lowest BCUT2D eigenvalue weighted by molar-refractivity contribution is -0.0653. The number of hydrogen-bond acceptors (Lipinski definition) is 3. The Kier molecular flexibility index (Phi) is 2.26. The Bertz CT molecular complexity index is 207. The Morgan fingerprint density at radius 2 is 2.36 bits per heavy atom. The van der Waals surface area contributed by atoms with Crippen LogP contribution in [0.4, 0.5) is 0 Å². The van der Waals surface area contributed by atoms with Gasteiger partial charge in [-0.25, -0.2) is 0 Å². The van der Waals surface area contributed by atoms with Crippen LogP contribution in [0.1, 0.15) is 25.7 Å². The van der Waals surface area contributed by atoms with Crippen LogP contribution in [-0.2, 0) is 4.74 Å². The zero-order chi connectivity index (χ0) is 9.43. The van der Waals surface area contributed by atoms with Gasteiger partial charge in [-0.15, -0.1) is 0 Å². The van der Waals surface area contributed by atoms with Crippen LogP contribution in [-0.4, -0.2) is 49.3 Å². The summed E-state index contributed by atoms with van der Waals surface area (Å²) < 4.78 is 5.49. The summed E-state index contributed by atoms with van der Waals surface area (Å²) in [5, 5.41) is 3.55. The molecular weight excluding hydrogens is 176 g/mol. The van der Waals surface area contributed by atoms with Crippen molar-refractivity contribution in [2.45, 2.75) is 37.3 Å². The van der Waals surface area contributed by atoms with Crippen LogP contribution in [0, 0.1) is 0 Å². The molecule has 3 nitrogen and oxygen atoms in total. The first-order chi connectivity index (χ1) is 6.91. The average molecular weight is 196 g/mol. The highest BCUT2D eigenvalue weighted by molar-refractivity contribution is 5.05. The summed E-state index contributed by atoms with van der Waals surface area (Å²) in [6, 6.07) is 0.726. The molecule has 0 radical (unpaired) electrons. The zero-order valence-electron chi connectivity index (χ0n) is 8.80. The first-order valence-corrected chi connectivity index (χ1v) is 5.96. The van der Waals surface area contributed by atoms with Crippen LogP contribution >= 0.6 is 0 Å². The molecule has 3 heterocycles. The van der Waals surface area contributed by atoms with Crippen molar-refractivity contribution >= 4 is 0 Å². The van der Waals surface area contributed by atoms with Gasteiger partial charge in [0.15, 0.2) is 0 Å². The van der Waals surface area contributed by atoms with E-state index >= 15 is 0 Å². The van der Waals surface area contributed by atoms with Crippen LogP contribution < -0.4 is 5.32 Å². The molecule has 3 saturated heterocycles. The van der Waals surface area contributed by atoms with Crippen molar-refractivity contribution in [3.8, 4) is 0 Å². The van der Waals surface area contributed by atoms with E-state index in [9.17, 15) is 0 Å². The summed E-state index contributed by atoms with van der Waals surface area (Å²) >= 11 is 0. The number of likely N-dealkylation sites (tertiary alicyclic amines) is 1. The monoisotopic (exact) mass is 196 g/mol. The number of nitrogens with zero attached hydrogens (tertiary/aromatic N) is 1. The lowest BCUT2D eigenvalue weighted by Crippen LogP contribution is -2.69. The molecule has 3 heteroatoms. The molecule has 3 fully saturated rings. The third-order valence-corrected chi connectivity index (χ3v) is 4.22. The predicted octanol–water partition coefficient (Wildman–Crippen LogP) is 0.603. The van der Waals surface area contributed by atoms with Crippen molar-refractivity contribution in [1.82, 2.24) is 10.2 Å². The van der Waals surface area contributed by atoms with Gasteiger partial charge in [0.25, 0.3) is 0 Å². The first-order valence-electron chi connectivity index (χ1n) is 5.96. The van der Waals surface area contributed by atoms with E-state index in [0.29, 0.717) is 5.54 Å². The molecule has 14 heavy (non-hydrogen) atoms. The molecule has 0 aliphatic carbocycles. The van der Waals surface area contributed by atoms with E-state index in [1.54, 1.807) is 0 Å². The van der Waals surface area contributed by atoms with E-state index in [0.717, 1.165) is 19.3 Å². The number of hydrogen-bond donors (Lipinski definition) is 1. The van der Waals surface area contributed by atoms with Gasteiger partial charge >= 0.3 is 0 Å². The van der Waals surface area contributed by atoms with Gasteiger partial charge in [0.2, 0.25) is 0 Å². The second kappa shape index (κ2) is 3.47. The quantitative estimate of drug-likeness (QED) is 0.665. The smallest absolute Gasteiger partial charge is 0.0622 e. The van der Waals surface area contributed by atoms with Crippen molar-refractivity contribution in [1.29, 1.82) is 0 Å². The number of ether oxygens (including phenoxy) is 1. The van der Waals surface area contributed by atoms with E-state index in [2.05, 4.69) is 10.2 Å². The third kappa shape index (κ3) is 1.30. The molecule has 0 bridgehead atoms. The van der Waals surface area contributed by atoms with Crippen molar-refractivity contribution < 1.29 is 4.74 Å². The molecule has 0 aromatic heterocycles. The minimum absolute atomic E-state index is 0.524. The van der Waals surface area contributed by atoms with Gasteiger partial charge in [0, 0.05) is 31.3 Å². The van der Waals surface area contributed by atoms with Gasteiger partial charge in [-0.1, -0.05) is 0 Å². The summed E-state index contributed by atoms with van der Waals surface area (Å²) in [5.41, 5.74) is 0.524. The standard InChI is InChI=1S/C11H20N2O/c1-3-11(9-12-5-1)4-6-13(11)10-2-7-14-8-10/h10,12H,1-9H2. The minimum atomic E-state index is 0.524. The lowest BCUT2D eigenvalue weighted by Gasteiger charge is -2.57. The van der Waals surface area contributed by atoms with Gasteiger partial charge in [-0.05, 0) is 32.2 Å². The summed E-state index contributed by atoms with van der Waals surface area (Å²) in [4.78, 5) is 2.71. The van der Waals surface area contributed by atoms with E-state index in [-0.39, 0.29) is 0 Å². The second-order valence-corrected chi connectivity index (χ2v) is 4.97. The summed E-state index contributed by atoms with van der Waals surface area (Å²) in [6.07, 6.45) is 5.40. The topological polar surface area (TPSA) is 24.5 Å². The molecule has 3 aliphatic rings. The molecule has 3 aliphatic heterocycles. The second-order valence-electron chi connectivity index (χ2n) is 4.97. The Morgan fingerprint density at radius 1 is 1.36 bits per heavy atom. The Balaban J connectivity index is 1.68. The largest absolute Gasteiger partial charge is 0.380 e. The van der Waals surface area contributed by atoms with Crippen molar-refractivity contribution in [3.05, 3.63) is 0 Å². The summed E-state index contributed by atoms with van der Waals surface area (Å²) in [7, 11) is 0. The van der Waals surface area contributed by atoms with Crippen LogP contribution in [0.25, 0.3) is 0 Å². The maximum absolute atomic E-state index is 5.49. The fourth-order valence-electron chi connectivity index (χ4n) is 3.31. The molecule has 0 aromatic rings. The molecule has 0 saturated carbocycles. The Morgan fingerprint density at radius 3 is 2.93 bits per heavy atom. The molecule has 1 spiro atoms. The fraction of sp³-hybridized carbons (Fsp3) is 1.00. The highest BCUT2D eigenvalue weighted by Gasteiger charge is 2.48. The summed E-state index contributed by atoms with van der Waals surface area (Å²) in [5.74, 6) is 0. The highest BCUT2D eigenvalue weighted by Crippen LogP contribution is 2.39. The molecule has 1 N–H and O–H groups in total. The van der Waals surface area contributed by atoms with E-state index in [4.69, 9.17) is 4.74 Å². The number of rotatable bonds is 1. The van der Waals surface area contributed by atoms with Crippen molar-refractivity contribution in [2.24, 2.45) is 0 Å². The normalized spacial score (nSPS) is 44.1. The molecule has 2 atom stereocenters. The predicted molar refractivity (Wildman–Crippen MR) is 55.4 cm³/mol. The Labute approximate surface area is 85.8 Å². The molecular formula is C11H20N2O. The van der Waals surface area contributed by atoms with E-state index in [1.165, 1.54) is 45.3 Å². The van der Waals surface area contributed by atoms with Crippen LogP contribution in [0.2, 0.25) is 0 Å². The zero-order valence-corrected chi connectivity index (χ0v) is 8.80. The first kappa shape index (κ1) is 9.13. The highest BCUT2D eigenvalue weighted by atomic mass is 16.5. The average Bonchev–Trinajstić information content (AvgIpc) is 2.71. The van der Waals surface area contributed by atoms with Gasteiger partial charge < -0.3 is 10.1 Å². The molecule has 0 aromatic carbocycles. The van der Waals surface area contributed by atoms with Crippen molar-refractivity contribution in [2.75, 3.05) is 32.8 Å². The molecule has 0 amide bonds. The van der Waals surface area contributed by atoms with Gasteiger partial charge in [-0.3, -0.25) is 4.90 Å². The van der Waals surface area contributed by atoms with Crippen LogP contribution in [0.3, 0.4) is 0 Å². The minimum Gasteiger partial charge on any atom is -0.380 e. The van der Waals surface area contributed by atoms with Gasteiger partial charge in [0.1, 0.15) is 0 Å². The van der Waals surface area contributed by atoms with Crippen LogP contribution in [0.5, 0.6) is 0 Å². The van der Waals surface area contributed by atoms with E-state index < -0.39 is 0 Å². The summed E-state index contributed by atoms with van der Waals surface area (Å²) in [6.45, 7) is 5.68. The maximum atomic E-state index is 5.49. The lowest BCUT2D eigenvalue weighted by atomic mass is 9.77. The van der Waals surface area contributed by atoms with Crippen molar-refractivity contribution in [3.63, 3.8) is 0 Å². The molecule has 80 valence electrons. The van der Waals surface area contributed by atoms with E-state index in [1.807, 2.05) is 0 Å². The Hall–Kier alpha value is -0.120. The third-order valence-electron chi connectivity index (χ3n) is 4.22. The number of nitrogens with one attached hydrogen (secondary N) is 1. The van der Waals surface area contributed by atoms with Gasteiger partial charge in [0.05, 0.1) is 6.61 Å².